The number of hydrogen-bond donors (Lipinski definition) is 2. The quantitative estimate of drug-likeness (QED) is 0.895. The van der Waals surface area contributed by atoms with Crippen LogP contribution in [0.4, 0.5) is 4.79 Å². The number of benzene rings is 1. The summed E-state index contributed by atoms with van der Waals surface area (Å²) in [5, 5.41) is 5.47. The van der Waals surface area contributed by atoms with E-state index in [0.717, 1.165) is 36.9 Å². The van der Waals surface area contributed by atoms with Gasteiger partial charge in [0.25, 0.3) is 5.91 Å². The summed E-state index contributed by atoms with van der Waals surface area (Å²) in [6.07, 6.45) is 5.49. The van der Waals surface area contributed by atoms with Gasteiger partial charge in [0.1, 0.15) is 6.04 Å². The Balaban J connectivity index is 2.12. The lowest BCUT2D eigenvalue weighted by Gasteiger charge is -2.20. The van der Waals surface area contributed by atoms with Crippen LogP contribution >= 0.6 is 0 Å². The minimum absolute atomic E-state index is 0.250. The highest BCUT2D eigenvalue weighted by Crippen LogP contribution is 2.18. The molecule has 0 aliphatic heterocycles. The summed E-state index contributed by atoms with van der Waals surface area (Å²) in [5.74, 6) is -0.250. The predicted molar refractivity (Wildman–Crippen MR) is 79.4 cm³/mol. The van der Waals surface area contributed by atoms with E-state index >= 15 is 0 Å². The standard InChI is InChI=1S/C16H20N2O3/c1-21-16(20)18-14(12-8-4-2-5-9-12)15(19)17-13-10-6-3-7-11-13/h2,4-5,8-10,14H,3,6-7,11H2,1H3,(H,17,19)(H,18,20). The Morgan fingerprint density at radius 2 is 1.95 bits per heavy atom. The van der Waals surface area contributed by atoms with Crippen LogP contribution < -0.4 is 10.6 Å². The molecular formula is C16H20N2O3. The molecule has 0 saturated carbocycles. The Labute approximate surface area is 124 Å². The average Bonchev–Trinajstić information content (AvgIpc) is 2.54. The maximum Gasteiger partial charge on any atom is 0.407 e. The topological polar surface area (TPSA) is 67.4 Å². The second-order valence-electron chi connectivity index (χ2n) is 4.94. The number of carbonyl (C=O) groups excluding carboxylic acids is 2. The molecule has 2 rings (SSSR count). The van der Waals surface area contributed by atoms with Crippen LogP contribution in [0.5, 0.6) is 0 Å². The molecule has 1 aliphatic rings. The number of alkyl carbamates (subject to hydrolysis) is 1. The molecule has 112 valence electrons. The lowest BCUT2D eigenvalue weighted by Crippen LogP contribution is -2.40. The minimum Gasteiger partial charge on any atom is -0.453 e. The van der Waals surface area contributed by atoms with Crippen molar-refractivity contribution < 1.29 is 14.3 Å². The van der Waals surface area contributed by atoms with Gasteiger partial charge in [-0.2, -0.15) is 0 Å². The van der Waals surface area contributed by atoms with Crippen molar-refractivity contribution in [2.45, 2.75) is 31.7 Å². The van der Waals surface area contributed by atoms with Crippen LogP contribution in [0, 0.1) is 0 Å². The zero-order chi connectivity index (χ0) is 15.1. The first-order chi connectivity index (χ1) is 10.2. The van der Waals surface area contributed by atoms with E-state index in [1.165, 1.54) is 7.11 Å². The number of nitrogens with one attached hydrogen (secondary N) is 2. The molecular weight excluding hydrogens is 268 g/mol. The van der Waals surface area contributed by atoms with Crippen LogP contribution in [0.15, 0.2) is 42.1 Å². The van der Waals surface area contributed by atoms with Gasteiger partial charge in [0.2, 0.25) is 0 Å². The number of amides is 2. The fourth-order valence-corrected chi connectivity index (χ4v) is 2.30. The molecule has 0 bridgehead atoms. The minimum atomic E-state index is -0.763. The highest BCUT2D eigenvalue weighted by molar-refractivity contribution is 5.88. The van der Waals surface area contributed by atoms with Gasteiger partial charge in [-0.1, -0.05) is 36.4 Å². The normalized spacial score (nSPS) is 15.6. The van der Waals surface area contributed by atoms with Crippen LogP contribution in [-0.4, -0.2) is 19.1 Å². The van der Waals surface area contributed by atoms with E-state index in [4.69, 9.17) is 0 Å². The summed E-state index contributed by atoms with van der Waals surface area (Å²) in [7, 11) is 1.28. The Bertz CT molecular complexity index is 526. The van der Waals surface area contributed by atoms with E-state index in [1.54, 1.807) is 12.1 Å². The van der Waals surface area contributed by atoms with Crippen LogP contribution in [0.2, 0.25) is 0 Å². The number of rotatable bonds is 4. The van der Waals surface area contributed by atoms with Gasteiger partial charge in [0.05, 0.1) is 7.11 Å². The van der Waals surface area contributed by atoms with Crippen LogP contribution in [0.25, 0.3) is 0 Å². The van der Waals surface area contributed by atoms with E-state index in [0.29, 0.717) is 0 Å². The Kier molecular flexibility index (Phi) is 5.37. The zero-order valence-electron chi connectivity index (χ0n) is 12.1. The van der Waals surface area contributed by atoms with Crippen LogP contribution in [0.3, 0.4) is 0 Å². The van der Waals surface area contributed by atoms with Gasteiger partial charge in [-0.05, 0) is 31.2 Å². The van der Waals surface area contributed by atoms with Crippen molar-refractivity contribution in [1.82, 2.24) is 10.6 Å². The first kappa shape index (κ1) is 15.1. The van der Waals surface area contributed by atoms with Crippen molar-refractivity contribution in [3.05, 3.63) is 47.7 Å². The van der Waals surface area contributed by atoms with Gasteiger partial charge in [-0.3, -0.25) is 4.79 Å². The van der Waals surface area contributed by atoms with Gasteiger partial charge >= 0.3 is 6.09 Å². The lowest BCUT2D eigenvalue weighted by atomic mass is 10.0. The van der Waals surface area contributed by atoms with Crippen molar-refractivity contribution >= 4 is 12.0 Å². The molecule has 0 heterocycles. The highest BCUT2D eigenvalue weighted by Gasteiger charge is 2.23. The van der Waals surface area contributed by atoms with E-state index in [1.807, 2.05) is 24.3 Å². The fraction of sp³-hybridized carbons (Fsp3) is 0.375. The molecule has 0 aromatic heterocycles. The van der Waals surface area contributed by atoms with Crippen molar-refractivity contribution in [3.8, 4) is 0 Å². The van der Waals surface area contributed by atoms with Crippen molar-refractivity contribution in [2.24, 2.45) is 0 Å². The molecule has 0 fully saturated rings. The average molecular weight is 288 g/mol. The van der Waals surface area contributed by atoms with Crippen LogP contribution in [-0.2, 0) is 9.53 Å². The maximum absolute atomic E-state index is 12.4. The third-order valence-corrected chi connectivity index (χ3v) is 3.42. The van der Waals surface area contributed by atoms with Gasteiger partial charge in [-0.25, -0.2) is 4.79 Å². The fourth-order valence-electron chi connectivity index (χ4n) is 2.30. The SMILES string of the molecule is COC(=O)NC(C(=O)NC1=CCCCC1)c1ccccc1. The molecule has 0 spiro atoms. The van der Waals surface area contributed by atoms with E-state index in [-0.39, 0.29) is 5.91 Å². The van der Waals surface area contributed by atoms with E-state index in [9.17, 15) is 9.59 Å². The third-order valence-electron chi connectivity index (χ3n) is 3.42. The monoisotopic (exact) mass is 288 g/mol. The zero-order valence-corrected chi connectivity index (χ0v) is 12.1. The summed E-state index contributed by atoms with van der Waals surface area (Å²) in [6, 6.07) is 8.36. The molecule has 2 amide bonds. The van der Waals surface area contributed by atoms with Gasteiger partial charge in [-0.15, -0.1) is 0 Å². The highest BCUT2D eigenvalue weighted by atomic mass is 16.5. The molecule has 21 heavy (non-hydrogen) atoms. The molecule has 1 aromatic carbocycles. The van der Waals surface area contributed by atoms with Crippen LogP contribution in [0.1, 0.15) is 37.3 Å². The molecule has 0 radical (unpaired) electrons. The Hall–Kier alpha value is -2.30. The van der Waals surface area contributed by atoms with E-state index < -0.39 is 12.1 Å². The molecule has 1 aromatic rings. The third kappa shape index (κ3) is 4.34. The largest absolute Gasteiger partial charge is 0.453 e. The summed E-state index contributed by atoms with van der Waals surface area (Å²) < 4.78 is 4.60. The van der Waals surface area contributed by atoms with E-state index in [2.05, 4.69) is 15.4 Å². The molecule has 0 saturated heterocycles. The second kappa shape index (κ2) is 7.47. The lowest BCUT2D eigenvalue weighted by molar-refractivity contribution is -0.122. The number of carbonyl (C=O) groups is 2. The smallest absolute Gasteiger partial charge is 0.407 e. The summed E-state index contributed by atoms with van der Waals surface area (Å²) >= 11 is 0. The van der Waals surface area contributed by atoms with Gasteiger partial charge in [0, 0.05) is 5.70 Å². The number of allylic oxidation sites excluding steroid dienone is 2. The first-order valence-corrected chi connectivity index (χ1v) is 7.10. The maximum atomic E-state index is 12.4. The van der Waals surface area contributed by atoms with Crippen molar-refractivity contribution in [1.29, 1.82) is 0 Å². The molecule has 1 unspecified atom stereocenters. The number of methoxy groups -OCH3 is 1. The molecule has 5 nitrogen and oxygen atoms in total. The van der Waals surface area contributed by atoms with Gasteiger partial charge in [0.15, 0.2) is 0 Å². The Morgan fingerprint density at radius 1 is 1.19 bits per heavy atom. The molecule has 2 N–H and O–H groups in total. The first-order valence-electron chi connectivity index (χ1n) is 7.10. The number of ether oxygens (including phenoxy) is 1. The Morgan fingerprint density at radius 3 is 2.57 bits per heavy atom. The molecule has 1 aliphatic carbocycles. The van der Waals surface area contributed by atoms with Gasteiger partial charge < -0.3 is 15.4 Å². The summed E-state index contributed by atoms with van der Waals surface area (Å²) in [4.78, 5) is 23.9. The predicted octanol–water partition coefficient (Wildman–Crippen LogP) is 2.66. The van der Waals surface area contributed by atoms with Crippen molar-refractivity contribution in [3.63, 3.8) is 0 Å². The summed E-state index contributed by atoms with van der Waals surface area (Å²) in [6.45, 7) is 0. The number of hydrogen-bond acceptors (Lipinski definition) is 3. The summed E-state index contributed by atoms with van der Waals surface area (Å²) in [5.41, 5.74) is 1.65. The van der Waals surface area contributed by atoms with Crippen molar-refractivity contribution in [2.75, 3.05) is 7.11 Å². The molecule has 1 atom stereocenters. The molecule has 5 heteroatoms. The second-order valence-corrected chi connectivity index (χ2v) is 4.94.